The zero-order chi connectivity index (χ0) is 24.5. The Balaban J connectivity index is 1.37. The Bertz CT molecular complexity index is 1160. The highest BCUT2D eigenvalue weighted by atomic mass is 16.5. The number of aryl methyl sites for hydroxylation is 1. The average Bonchev–Trinajstić information content (AvgIpc) is 3.27. The lowest BCUT2D eigenvalue weighted by Crippen LogP contribution is -2.46. The van der Waals surface area contributed by atoms with Gasteiger partial charge in [-0.15, -0.1) is 0 Å². The number of hydrogen-bond donors (Lipinski definition) is 3. The SMILES string of the molecule is COc1ccc2c(c1)NC(=O)/C2=C\c1[nH]c2c(c1C)C(=O)N(C[C@H](O)CN1CCOCC1)CCC2. The Morgan fingerprint density at radius 2 is 2.00 bits per heavy atom. The van der Waals surface area contributed by atoms with Gasteiger partial charge in [-0.05, 0) is 43.5 Å². The molecule has 1 fully saturated rings. The molecule has 35 heavy (non-hydrogen) atoms. The standard InChI is InChI=1S/C26H32N4O5/c1-16-22(13-20-19-6-5-18(34-2)12-23(19)28-25(20)32)27-21-4-3-7-30(26(33)24(16)21)15-17(31)14-29-8-10-35-11-9-29/h5-6,12-13,17,27,31H,3-4,7-11,14-15H2,1-2H3,(H,28,32)/b20-13-/t17-/m1/s1. The number of carbonyl (C=O) groups excluding carboxylic acids is 2. The van der Waals surface area contributed by atoms with Crippen molar-refractivity contribution >= 4 is 29.2 Å². The fourth-order valence-electron chi connectivity index (χ4n) is 5.16. The fourth-order valence-corrected chi connectivity index (χ4v) is 5.16. The summed E-state index contributed by atoms with van der Waals surface area (Å²) in [6.45, 7) is 6.30. The van der Waals surface area contributed by atoms with Crippen molar-refractivity contribution in [2.45, 2.75) is 25.9 Å². The third-order valence-electron chi connectivity index (χ3n) is 7.02. The van der Waals surface area contributed by atoms with Gasteiger partial charge in [0.1, 0.15) is 5.75 Å². The van der Waals surface area contributed by atoms with Crippen molar-refractivity contribution in [3.8, 4) is 5.75 Å². The number of methoxy groups -OCH3 is 1. The maximum absolute atomic E-state index is 13.5. The minimum absolute atomic E-state index is 0.0714. The molecule has 3 N–H and O–H groups in total. The van der Waals surface area contributed by atoms with E-state index in [1.165, 1.54) is 0 Å². The number of β-amino-alcohol motifs (C(OH)–C–C–N with tert-alkyl or cyclic N) is 1. The molecule has 9 heteroatoms. The largest absolute Gasteiger partial charge is 0.497 e. The number of anilines is 1. The van der Waals surface area contributed by atoms with Crippen LogP contribution in [0.4, 0.5) is 5.69 Å². The van der Waals surface area contributed by atoms with E-state index in [-0.39, 0.29) is 11.8 Å². The quantitative estimate of drug-likeness (QED) is 0.546. The second-order valence-electron chi connectivity index (χ2n) is 9.36. The number of hydrogen-bond acceptors (Lipinski definition) is 6. The van der Waals surface area contributed by atoms with Gasteiger partial charge in [0.05, 0.1) is 43.3 Å². The highest BCUT2D eigenvalue weighted by Crippen LogP contribution is 2.36. The van der Waals surface area contributed by atoms with Crippen LogP contribution in [0.2, 0.25) is 0 Å². The van der Waals surface area contributed by atoms with E-state index in [0.717, 1.165) is 48.4 Å². The number of nitrogens with one attached hydrogen (secondary N) is 2. The lowest BCUT2D eigenvalue weighted by atomic mass is 10.0. The maximum Gasteiger partial charge on any atom is 0.256 e. The molecule has 186 valence electrons. The molecule has 0 spiro atoms. The summed E-state index contributed by atoms with van der Waals surface area (Å²) in [5.41, 5.74) is 5.18. The molecule has 2 aromatic rings. The first kappa shape index (κ1) is 23.6. The number of morpholine rings is 1. The molecule has 0 aliphatic carbocycles. The van der Waals surface area contributed by atoms with Gasteiger partial charge >= 0.3 is 0 Å². The van der Waals surface area contributed by atoms with Crippen LogP contribution in [-0.2, 0) is 16.0 Å². The number of nitrogens with zero attached hydrogens (tertiary/aromatic N) is 2. The lowest BCUT2D eigenvalue weighted by Gasteiger charge is -2.31. The molecule has 2 amide bonds. The van der Waals surface area contributed by atoms with Gasteiger partial charge in [-0.1, -0.05) is 0 Å². The van der Waals surface area contributed by atoms with Gasteiger partial charge in [-0.25, -0.2) is 0 Å². The van der Waals surface area contributed by atoms with Crippen LogP contribution < -0.4 is 10.1 Å². The summed E-state index contributed by atoms with van der Waals surface area (Å²) in [6, 6.07) is 5.49. The Labute approximate surface area is 204 Å². The lowest BCUT2D eigenvalue weighted by molar-refractivity contribution is -0.110. The summed E-state index contributed by atoms with van der Waals surface area (Å²) in [4.78, 5) is 33.5. The first-order valence-corrected chi connectivity index (χ1v) is 12.1. The van der Waals surface area contributed by atoms with E-state index >= 15 is 0 Å². The Hall–Kier alpha value is -3.14. The number of aromatic nitrogens is 1. The average molecular weight is 481 g/mol. The molecule has 1 atom stereocenters. The molecule has 1 aromatic carbocycles. The minimum atomic E-state index is -0.616. The van der Waals surface area contributed by atoms with Gasteiger partial charge in [-0.3, -0.25) is 14.5 Å². The van der Waals surface area contributed by atoms with Gasteiger partial charge < -0.3 is 29.8 Å². The molecular formula is C26H32N4O5. The molecule has 3 aliphatic heterocycles. The van der Waals surface area contributed by atoms with E-state index in [1.54, 1.807) is 18.1 Å². The molecule has 1 saturated heterocycles. The zero-order valence-electron chi connectivity index (χ0n) is 20.2. The van der Waals surface area contributed by atoms with Crippen LogP contribution in [0.1, 0.15) is 39.3 Å². The van der Waals surface area contributed by atoms with Crippen molar-refractivity contribution in [1.29, 1.82) is 0 Å². The number of ether oxygens (including phenoxy) is 2. The molecule has 3 aliphatic rings. The highest BCUT2D eigenvalue weighted by molar-refractivity contribution is 6.35. The Morgan fingerprint density at radius 1 is 1.20 bits per heavy atom. The summed E-state index contributed by atoms with van der Waals surface area (Å²) in [5.74, 6) is 0.420. The number of aliphatic hydroxyl groups is 1. The summed E-state index contributed by atoms with van der Waals surface area (Å²) in [6.07, 6.45) is 2.75. The van der Waals surface area contributed by atoms with Gasteiger partial charge in [0.25, 0.3) is 11.8 Å². The van der Waals surface area contributed by atoms with E-state index in [4.69, 9.17) is 9.47 Å². The van der Waals surface area contributed by atoms with Gasteiger partial charge in [-0.2, -0.15) is 0 Å². The van der Waals surface area contributed by atoms with Crippen LogP contribution >= 0.6 is 0 Å². The van der Waals surface area contributed by atoms with Crippen molar-refractivity contribution in [1.82, 2.24) is 14.8 Å². The van der Waals surface area contributed by atoms with Gasteiger partial charge in [0, 0.05) is 55.7 Å². The molecular weight excluding hydrogens is 448 g/mol. The monoisotopic (exact) mass is 480 g/mol. The second-order valence-corrected chi connectivity index (χ2v) is 9.36. The van der Waals surface area contributed by atoms with E-state index in [1.807, 2.05) is 25.1 Å². The van der Waals surface area contributed by atoms with Gasteiger partial charge in [0.2, 0.25) is 0 Å². The number of fused-ring (bicyclic) bond motifs is 2. The van der Waals surface area contributed by atoms with Crippen LogP contribution in [-0.4, -0.2) is 90.9 Å². The molecule has 0 radical (unpaired) electrons. The van der Waals surface area contributed by atoms with Crippen molar-refractivity contribution in [3.05, 3.63) is 46.3 Å². The number of H-pyrrole nitrogens is 1. The number of aromatic amines is 1. The van der Waals surface area contributed by atoms with Crippen molar-refractivity contribution in [3.63, 3.8) is 0 Å². The van der Waals surface area contributed by atoms with Crippen LogP contribution in [0.5, 0.6) is 5.75 Å². The highest BCUT2D eigenvalue weighted by Gasteiger charge is 2.30. The van der Waals surface area contributed by atoms with E-state index < -0.39 is 6.10 Å². The van der Waals surface area contributed by atoms with Crippen molar-refractivity contribution < 1.29 is 24.2 Å². The second kappa shape index (κ2) is 9.85. The topological polar surface area (TPSA) is 107 Å². The number of rotatable bonds is 6. The molecule has 5 rings (SSSR count). The van der Waals surface area contributed by atoms with E-state index in [2.05, 4.69) is 15.2 Å². The molecule has 9 nitrogen and oxygen atoms in total. The van der Waals surface area contributed by atoms with E-state index in [0.29, 0.717) is 55.4 Å². The normalized spacial score (nSPS) is 20.4. The fraction of sp³-hybridized carbons (Fsp3) is 0.462. The van der Waals surface area contributed by atoms with Crippen LogP contribution in [0.25, 0.3) is 11.6 Å². The molecule has 4 heterocycles. The zero-order valence-corrected chi connectivity index (χ0v) is 20.2. The Kier molecular flexibility index (Phi) is 6.64. The molecule has 1 aromatic heterocycles. The number of benzene rings is 1. The van der Waals surface area contributed by atoms with Crippen LogP contribution in [0.3, 0.4) is 0 Å². The smallest absolute Gasteiger partial charge is 0.256 e. The third kappa shape index (κ3) is 4.71. The Morgan fingerprint density at radius 3 is 2.77 bits per heavy atom. The number of amides is 2. The third-order valence-corrected chi connectivity index (χ3v) is 7.02. The first-order chi connectivity index (χ1) is 16.9. The maximum atomic E-state index is 13.5. The summed E-state index contributed by atoms with van der Waals surface area (Å²) < 4.78 is 10.6. The minimum Gasteiger partial charge on any atom is -0.497 e. The molecule has 0 bridgehead atoms. The summed E-state index contributed by atoms with van der Waals surface area (Å²) in [7, 11) is 1.59. The first-order valence-electron chi connectivity index (χ1n) is 12.1. The summed E-state index contributed by atoms with van der Waals surface area (Å²) >= 11 is 0. The van der Waals surface area contributed by atoms with Crippen LogP contribution in [0.15, 0.2) is 18.2 Å². The predicted octanol–water partition coefficient (Wildman–Crippen LogP) is 1.91. The number of carbonyl (C=O) groups is 2. The molecule has 0 saturated carbocycles. The van der Waals surface area contributed by atoms with E-state index in [9.17, 15) is 14.7 Å². The van der Waals surface area contributed by atoms with Crippen molar-refractivity contribution in [2.75, 3.05) is 58.4 Å². The van der Waals surface area contributed by atoms with Gasteiger partial charge in [0.15, 0.2) is 0 Å². The predicted molar refractivity (Wildman–Crippen MR) is 133 cm³/mol. The molecule has 0 unspecified atom stereocenters. The van der Waals surface area contributed by atoms with Crippen molar-refractivity contribution in [2.24, 2.45) is 0 Å². The van der Waals surface area contributed by atoms with Crippen LogP contribution in [0, 0.1) is 6.92 Å². The number of aliphatic hydroxyl groups excluding tert-OH is 1. The summed E-state index contributed by atoms with van der Waals surface area (Å²) in [5, 5.41) is 13.6.